The third kappa shape index (κ3) is 3.03. The summed E-state index contributed by atoms with van der Waals surface area (Å²) >= 11 is 13.1. The summed E-state index contributed by atoms with van der Waals surface area (Å²) < 4.78 is 2.76. The van der Waals surface area contributed by atoms with Gasteiger partial charge < -0.3 is 9.55 Å². The van der Waals surface area contributed by atoms with Crippen LogP contribution < -0.4 is 0 Å². The molecule has 0 fully saturated rings. The number of hydrogen-bond donors (Lipinski definition) is 1. The van der Waals surface area contributed by atoms with Gasteiger partial charge in [-0.15, -0.1) is 0 Å². The van der Waals surface area contributed by atoms with Crippen molar-refractivity contribution >= 4 is 46.7 Å². The zero-order chi connectivity index (χ0) is 12.3. The Morgan fingerprint density at radius 2 is 2.35 bits per heavy atom. The fraction of sp³-hybridized carbons (Fsp3) is 0.455. The molecular weight excluding hydrogens is 274 g/mol. The van der Waals surface area contributed by atoms with Gasteiger partial charge in [-0.2, -0.15) is 11.8 Å². The maximum Gasteiger partial charge on any atom is 0.179 e. The molecule has 0 amide bonds. The second-order valence-corrected chi connectivity index (χ2v) is 5.62. The third-order valence-corrected chi connectivity index (χ3v) is 3.78. The van der Waals surface area contributed by atoms with Crippen molar-refractivity contribution in [2.45, 2.75) is 19.4 Å². The normalized spacial score (nSPS) is 11.2. The Labute approximate surface area is 115 Å². The number of H-pyrrole nitrogens is 1. The van der Waals surface area contributed by atoms with Gasteiger partial charge in [-0.25, -0.2) is 4.98 Å². The second kappa shape index (κ2) is 5.89. The Bertz CT molecular complexity index is 561. The molecule has 0 spiro atoms. The standard InChI is InChI=1S/C11H14ClN3S2/c1-17-5-3-2-4-15-10-9(14-11(15)16)6-8(12)7-13-10/h6-7H,2-5H2,1H3,(H,14,16). The van der Waals surface area contributed by atoms with Crippen LogP contribution in [-0.2, 0) is 6.54 Å². The predicted molar refractivity (Wildman–Crippen MR) is 77.5 cm³/mol. The van der Waals surface area contributed by atoms with E-state index >= 15 is 0 Å². The van der Waals surface area contributed by atoms with E-state index in [9.17, 15) is 0 Å². The summed E-state index contributed by atoms with van der Waals surface area (Å²) in [6.07, 6.45) is 6.10. The van der Waals surface area contributed by atoms with Crippen molar-refractivity contribution in [1.82, 2.24) is 14.5 Å². The van der Waals surface area contributed by atoms with Crippen LogP contribution in [0.4, 0.5) is 0 Å². The zero-order valence-corrected chi connectivity index (χ0v) is 12.0. The van der Waals surface area contributed by atoms with Crippen LogP contribution in [0.3, 0.4) is 0 Å². The minimum atomic E-state index is 0.628. The van der Waals surface area contributed by atoms with E-state index < -0.39 is 0 Å². The van der Waals surface area contributed by atoms with Gasteiger partial charge in [0.25, 0.3) is 0 Å². The summed E-state index contributed by atoms with van der Waals surface area (Å²) in [6, 6.07) is 1.86. The largest absolute Gasteiger partial charge is 0.329 e. The number of thioether (sulfide) groups is 1. The van der Waals surface area contributed by atoms with E-state index in [1.807, 2.05) is 22.4 Å². The number of rotatable bonds is 5. The molecule has 2 aromatic rings. The monoisotopic (exact) mass is 287 g/mol. The molecule has 0 aromatic carbocycles. The Morgan fingerprint density at radius 1 is 1.53 bits per heavy atom. The Hall–Kier alpha value is -0.520. The fourth-order valence-electron chi connectivity index (χ4n) is 1.74. The number of aromatic nitrogens is 3. The number of hydrogen-bond acceptors (Lipinski definition) is 3. The smallest absolute Gasteiger partial charge is 0.179 e. The highest BCUT2D eigenvalue weighted by Crippen LogP contribution is 2.17. The SMILES string of the molecule is CSCCCCn1c(=S)[nH]c2cc(Cl)cnc21. The second-order valence-electron chi connectivity index (χ2n) is 3.81. The first-order chi connectivity index (χ1) is 8.22. The molecule has 0 radical (unpaired) electrons. The number of unbranched alkanes of at least 4 members (excludes halogenated alkanes) is 1. The van der Waals surface area contributed by atoms with Gasteiger partial charge in [-0.1, -0.05) is 11.6 Å². The molecule has 2 heterocycles. The van der Waals surface area contributed by atoms with Crippen molar-refractivity contribution < 1.29 is 0 Å². The lowest BCUT2D eigenvalue weighted by Gasteiger charge is -2.03. The molecule has 0 aliphatic rings. The van der Waals surface area contributed by atoms with Crippen molar-refractivity contribution in [2.24, 2.45) is 0 Å². The van der Waals surface area contributed by atoms with Crippen LogP contribution in [-0.4, -0.2) is 26.5 Å². The summed E-state index contributed by atoms with van der Waals surface area (Å²) in [5, 5.41) is 0.628. The van der Waals surface area contributed by atoms with Gasteiger partial charge in [0.1, 0.15) is 0 Å². The number of fused-ring (bicyclic) bond motifs is 1. The number of aromatic amines is 1. The number of pyridine rings is 1. The maximum atomic E-state index is 5.90. The summed E-state index contributed by atoms with van der Waals surface area (Å²) in [7, 11) is 0. The Morgan fingerprint density at radius 3 is 3.12 bits per heavy atom. The third-order valence-electron chi connectivity index (χ3n) is 2.56. The lowest BCUT2D eigenvalue weighted by Crippen LogP contribution is -1.99. The molecule has 0 unspecified atom stereocenters. The maximum absolute atomic E-state index is 5.90. The lowest BCUT2D eigenvalue weighted by molar-refractivity contribution is 0.639. The van der Waals surface area contributed by atoms with Gasteiger partial charge in [-0.3, -0.25) is 0 Å². The molecular formula is C11H14ClN3S2. The summed E-state index contributed by atoms with van der Waals surface area (Å²) in [4.78, 5) is 7.46. The van der Waals surface area contributed by atoms with Crippen LogP contribution in [0.25, 0.3) is 11.2 Å². The minimum Gasteiger partial charge on any atom is -0.329 e. The van der Waals surface area contributed by atoms with E-state index in [0.29, 0.717) is 5.02 Å². The van der Waals surface area contributed by atoms with Crippen LogP contribution in [0, 0.1) is 4.77 Å². The molecule has 92 valence electrons. The van der Waals surface area contributed by atoms with Gasteiger partial charge >= 0.3 is 0 Å². The molecule has 6 heteroatoms. The van der Waals surface area contributed by atoms with E-state index in [1.165, 1.54) is 12.2 Å². The molecule has 2 rings (SSSR count). The number of aryl methyl sites for hydroxylation is 1. The van der Waals surface area contributed by atoms with Crippen LogP contribution in [0.15, 0.2) is 12.3 Å². The van der Waals surface area contributed by atoms with E-state index in [-0.39, 0.29) is 0 Å². The van der Waals surface area contributed by atoms with Crippen molar-refractivity contribution in [3.8, 4) is 0 Å². The first-order valence-corrected chi connectivity index (χ1v) is 7.63. The molecule has 1 N–H and O–H groups in total. The van der Waals surface area contributed by atoms with Gasteiger partial charge in [0.2, 0.25) is 0 Å². The Balaban J connectivity index is 2.21. The summed E-state index contributed by atoms with van der Waals surface area (Å²) in [6.45, 7) is 0.911. The molecule has 17 heavy (non-hydrogen) atoms. The molecule has 0 aliphatic carbocycles. The van der Waals surface area contributed by atoms with Crippen molar-refractivity contribution in [1.29, 1.82) is 0 Å². The van der Waals surface area contributed by atoms with E-state index in [4.69, 9.17) is 23.8 Å². The average Bonchev–Trinajstić information content (AvgIpc) is 2.60. The quantitative estimate of drug-likeness (QED) is 0.669. The van der Waals surface area contributed by atoms with Crippen molar-refractivity contribution in [3.05, 3.63) is 22.1 Å². The van der Waals surface area contributed by atoms with Crippen LogP contribution in [0.5, 0.6) is 0 Å². The van der Waals surface area contributed by atoms with Crippen LogP contribution in [0.2, 0.25) is 5.02 Å². The zero-order valence-electron chi connectivity index (χ0n) is 9.57. The first kappa shape index (κ1) is 12.9. The minimum absolute atomic E-state index is 0.628. The molecule has 0 saturated heterocycles. The number of nitrogens with zero attached hydrogens (tertiary/aromatic N) is 2. The summed E-state index contributed by atoms with van der Waals surface area (Å²) in [5.74, 6) is 1.19. The average molecular weight is 288 g/mol. The topological polar surface area (TPSA) is 33.6 Å². The number of halogens is 1. The summed E-state index contributed by atoms with van der Waals surface area (Å²) in [5.41, 5.74) is 1.80. The Kier molecular flexibility index (Phi) is 4.48. The van der Waals surface area contributed by atoms with Crippen LogP contribution >= 0.6 is 35.6 Å². The van der Waals surface area contributed by atoms with E-state index in [0.717, 1.165) is 28.9 Å². The first-order valence-electron chi connectivity index (χ1n) is 5.45. The highest BCUT2D eigenvalue weighted by molar-refractivity contribution is 7.98. The van der Waals surface area contributed by atoms with Gasteiger partial charge in [0.15, 0.2) is 10.4 Å². The molecule has 3 nitrogen and oxygen atoms in total. The van der Waals surface area contributed by atoms with Crippen molar-refractivity contribution in [3.63, 3.8) is 0 Å². The van der Waals surface area contributed by atoms with Gasteiger partial charge in [0, 0.05) is 12.7 Å². The lowest BCUT2D eigenvalue weighted by atomic mass is 10.3. The molecule has 0 bridgehead atoms. The van der Waals surface area contributed by atoms with E-state index in [1.54, 1.807) is 6.20 Å². The number of nitrogens with one attached hydrogen (secondary N) is 1. The number of imidazole rings is 1. The van der Waals surface area contributed by atoms with E-state index in [2.05, 4.69) is 16.2 Å². The molecule has 0 atom stereocenters. The molecule has 2 aromatic heterocycles. The van der Waals surface area contributed by atoms with Gasteiger partial charge in [-0.05, 0) is 43.1 Å². The highest BCUT2D eigenvalue weighted by Gasteiger charge is 2.05. The van der Waals surface area contributed by atoms with Crippen LogP contribution in [0.1, 0.15) is 12.8 Å². The predicted octanol–water partition coefficient (Wildman–Crippen LogP) is 3.89. The van der Waals surface area contributed by atoms with Gasteiger partial charge in [0.05, 0.1) is 10.5 Å². The van der Waals surface area contributed by atoms with Crippen molar-refractivity contribution in [2.75, 3.05) is 12.0 Å². The molecule has 0 aliphatic heterocycles. The molecule has 0 saturated carbocycles. The highest BCUT2D eigenvalue weighted by atomic mass is 35.5. The fourth-order valence-corrected chi connectivity index (χ4v) is 2.68.